The predicted molar refractivity (Wildman–Crippen MR) is 94.1 cm³/mol. The lowest BCUT2D eigenvalue weighted by Crippen LogP contribution is -2.06. The highest BCUT2D eigenvalue weighted by molar-refractivity contribution is 5.95. The third-order valence-corrected chi connectivity index (χ3v) is 3.89. The van der Waals surface area contributed by atoms with Crippen LogP contribution in [0, 0.1) is 11.3 Å². The van der Waals surface area contributed by atoms with Crippen LogP contribution in [0.25, 0.3) is 11.0 Å². The molecule has 3 aromatic rings. The van der Waals surface area contributed by atoms with E-state index in [4.69, 9.17) is 0 Å². The number of nitrogens with one attached hydrogen (secondary N) is 2. The average Bonchev–Trinajstić information content (AvgIpc) is 3.01. The van der Waals surface area contributed by atoms with Gasteiger partial charge in [-0.2, -0.15) is 5.26 Å². The molecule has 1 aromatic heterocycles. The molecule has 0 radical (unpaired) electrons. The van der Waals surface area contributed by atoms with Gasteiger partial charge >= 0.3 is 0 Å². The number of Topliss-reactive ketones (excluding diaryl/α,β-unsaturated/α-hetero) is 1. The number of H-pyrrole nitrogens is 1. The largest absolute Gasteiger partial charge is 0.384 e. The van der Waals surface area contributed by atoms with Gasteiger partial charge in [0.1, 0.15) is 11.9 Å². The summed E-state index contributed by atoms with van der Waals surface area (Å²) in [6.45, 7) is 2.22. The molecule has 0 amide bonds. The second kappa shape index (κ2) is 6.97. The molecule has 2 N–H and O–H groups in total. The average molecular weight is 318 g/mol. The number of fused-ring (bicyclic) bond motifs is 1. The summed E-state index contributed by atoms with van der Waals surface area (Å²) < 4.78 is 0. The number of aromatic amines is 1. The van der Waals surface area contributed by atoms with E-state index < -0.39 is 0 Å². The van der Waals surface area contributed by atoms with Gasteiger partial charge in [-0.1, -0.05) is 12.1 Å². The molecule has 1 heterocycles. The van der Waals surface area contributed by atoms with Crippen molar-refractivity contribution >= 4 is 22.5 Å². The van der Waals surface area contributed by atoms with Gasteiger partial charge in [0.25, 0.3) is 0 Å². The molecule has 0 bridgehead atoms. The third-order valence-electron chi connectivity index (χ3n) is 3.89. The SMILES string of the molecule is CC(=O)c1ccc(C#N)c(NCCCc2nc3ccccc3[nH]2)c1. The number of hydrogen-bond acceptors (Lipinski definition) is 4. The number of carbonyl (C=O) groups excluding carboxylic acids is 1. The van der Waals surface area contributed by atoms with Crippen LogP contribution < -0.4 is 5.32 Å². The Morgan fingerprint density at radius 3 is 2.88 bits per heavy atom. The number of nitriles is 1. The van der Waals surface area contributed by atoms with Gasteiger partial charge in [0.15, 0.2) is 5.78 Å². The Bertz CT molecular complexity index is 888. The maximum absolute atomic E-state index is 11.5. The van der Waals surface area contributed by atoms with Gasteiger partial charge in [-0.05, 0) is 43.7 Å². The zero-order valence-corrected chi connectivity index (χ0v) is 13.5. The lowest BCUT2D eigenvalue weighted by Gasteiger charge is -2.09. The van der Waals surface area contributed by atoms with E-state index in [1.165, 1.54) is 6.92 Å². The number of carbonyl (C=O) groups is 1. The van der Waals surface area contributed by atoms with E-state index >= 15 is 0 Å². The van der Waals surface area contributed by atoms with Crippen LogP contribution in [0.4, 0.5) is 5.69 Å². The fraction of sp³-hybridized carbons (Fsp3) is 0.211. The zero-order valence-electron chi connectivity index (χ0n) is 13.5. The molecule has 0 spiro atoms. The predicted octanol–water partition coefficient (Wildman–Crippen LogP) is 3.68. The standard InChI is InChI=1S/C19H18N4O/c1-13(24)14-8-9-15(12-20)18(11-14)21-10-4-7-19-22-16-5-2-3-6-17(16)23-19/h2-3,5-6,8-9,11,21H,4,7,10H2,1H3,(H,22,23). The summed E-state index contributed by atoms with van der Waals surface area (Å²) in [4.78, 5) is 19.3. The van der Waals surface area contributed by atoms with Gasteiger partial charge in [0.05, 0.1) is 22.3 Å². The number of anilines is 1. The van der Waals surface area contributed by atoms with Crippen molar-refractivity contribution in [2.24, 2.45) is 0 Å². The summed E-state index contributed by atoms with van der Waals surface area (Å²) in [6, 6.07) is 15.2. The molecule has 3 rings (SSSR count). The normalized spacial score (nSPS) is 10.5. The fourth-order valence-corrected chi connectivity index (χ4v) is 2.61. The van der Waals surface area contributed by atoms with E-state index in [9.17, 15) is 10.1 Å². The number of benzene rings is 2. The Morgan fingerprint density at radius 1 is 1.29 bits per heavy atom. The Morgan fingerprint density at radius 2 is 2.12 bits per heavy atom. The second-order valence-electron chi connectivity index (χ2n) is 5.66. The van der Waals surface area contributed by atoms with Gasteiger partial charge in [-0.15, -0.1) is 0 Å². The van der Waals surface area contributed by atoms with Crippen molar-refractivity contribution < 1.29 is 4.79 Å². The highest BCUT2D eigenvalue weighted by Crippen LogP contribution is 2.18. The van der Waals surface area contributed by atoms with Gasteiger partial charge < -0.3 is 10.3 Å². The van der Waals surface area contributed by atoms with Crippen LogP contribution in [0.2, 0.25) is 0 Å². The molecule has 5 heteroatoms. The molecular formula is C19H18N4O. The molecule has 0 fully saturated rings. The first-order chi connectivity index (χ1) is 11.7. The molecule has 120 valence electrons. The van der Waals surface area contributed by atoms with Gasteiger partial charge in [-0.3, -0.25) is 4.79 Å². The highest BCUT2D eigenvalue weighted by atomic mass is 16.1. The number of imidazole rings is 1. The Hall–Kier alpha value is -3.13. The number of para-hydroxylation sites is 2. The molecule has 2 aromatic carbocycles. The van der Waals surface area contributed by atoms with Crippen molar-refractivity contribution in [3.8, 4) is 6.07 Å². The van der Waals surface area contributed by atoms with Crippen LogP contribution in [0.1, 0.15) is 35.1 Å². The molecule has 0 atom stereocenters. The van der Waals surface area contributed by atoms with E-state index in [0.717, 1.165) is 29.7 Å². The van der Waals surface area contributed by atoms with Gasteiger partial charge in [0, 0.05) is 18.5 Å². The van der Waals surface area contributed by atoms with Crippen LogP contribution >= 0.6 is 0 Å². The first kappa shape index (κ1) is 15.8. The summed E-state index contributed by atoms with van der Waals surface area (Å²) in [6.07, 6.45) is 1.69. The number of rotatable bonds is 6. The molecule has 0 aliphatic heterocycles. The number of aromatic nitrogens is 2. The number of aryl methyl sites for hydroxylation is 1. The molecule has 0 saturated carbocycles. The van der Waals surface area contributed by atoms with Crippen molar-refractivity contribution in [1.29, 1.82) is 5.26 Å². The summed E-state index contributed by atoms with van der Waals surface area (Å²) in [5, 5.41) is 12.4. The van der Waals surface area contributed by atoms with E-state index in [-0.39, 0.29) is 5.78 Å². The van der Waals surface area contributed by atoms with E-state index in [2.05, 4.69) is 21.4 Å². The molecule has 0 aliphatic rings. The number of nitrogens with zero attached hydrogens (tertiary/aromatic N) is 2. The molecule has 0 saturated heterocycles. The second-order valence-corrected chi connectivity index (χ2v) is 5.66. The molecular weight excluding hydrogens is 300 g/mol. The lowest BCUT2D eigenvalue weighted by molar-refractivity contribution is 0.101. The summed E-state index contributed by atoms with van der Waals surface area (Å²) in [5.41, 5.74) is 3.87. The van der Waals surface area contributed by atoms with Crippen LogP contribution in [0.15, 0.2) is 42.5 Å². The van der Waals surface area contributed by atoms with Crippen molar-refractivity contribution in [1.82, 2.24) is 9.97 Å². The fourth-order valence-electron chi connectivity index (χ4n) is 2.61. The van der Waals surface area contributed by atoms with E-state index in [1.54, 1.807) is 18.2 Å². The van der Waals surface area contributed by atoms with Crippen molar-refractivity contribution in [3.63, 3.8) is 0 Å². The van der Waals surface area contributed by atoms with Crippen molar-refractivity contribution in [2.45, 2.75) is 19.8 Å². The quantitative estimate of drug-likeness (QED) is 0.536. The molecule has 0 unspecified atom stereocenters. The minimum atomic E-state index is -0.00943. The third kappa shape index (κ3) is 3.44. The maximum Gasteiger partial charge on any atom is 0.159 e. The summed E-state index contributed by atoms with van der Waals surface area (Å²) in [7, 11) is 0. The monoisotopic (exact) mass is 318 g/mol. The molecule has 5 nitrogen and oxygen atoms in total. The van der Waals surface area contributed by atoms with Crippen LogP contribution in [-0.4, -0.2) is 22.3 Å². The Balaban J connectivity index is 1.61. The zero-order chi connectivity index (χ0) is 16.9. The first-order valence-corrected chi connectivity index (χ1v) is 7.90. The molecule has 0 aliphatic carbocycles. The van der Waals surface area contributed by atoms with Crippen molar-refractivity contribution in [3.05, 3.63) is 59.4 Å². The topological polar surface area (TPSA) is 81.6 Å². The maximum atomic E-state index is 11.5. The smallest absolute Gasteiger partial charge is 0.159 e. The van der Waals surface area contributed by atoms with Crippen LogP contribution in [0.5, 0.6) is 0 Å². The minimum absolute atomic E-state index is 0.00943. The molecule has 24 heavy (non-hydrogen) atoms. The van der Waals surface area contributed by atoms with Gasteiger partial charge in [-0.25, -0.2) is 4.98 Å². The van der Waals surface area contributed by atoms with Crippen LogP contribution in [-0.2, 0) is 6.42 Å². The minimum Gasteiger partial charge on any atom is -0.384 e. The van der Waals surface area contributed by atoms with Crippen LogP contribution in [0.3, 0.4) is 0 Å². The van der Waals surface area contributed by atoms with E-state index in [0.29, 0.717) is 23.4 Å². The highest BCUT2D eigenvalue weighted by Gasteiger charge is 2.07. The number of hydrogen-bond donors (Lipinski definition) is 2. The van der Waals surface area contributed by atoms with E-state index in [1.807, 2.05) is 24.3 Å². The van der Waals surface area contributed by atoms with Gasteiger partial charge in [0.2, 0.25) is 0 Å². The number of ketones is 1. The Kier molecular flexibility index (Phi) is 4.57. The Labute approximate surface area is 140 Å². The van der Waals surface area contributed by atoms with Crippen molar-refractivity contribution in [2.75, 3.05) is 11.9 Å². The summed E-state index contributed by atoms with van der Waals surface area (Å²) in [5.74, 6) is 0.945. The summed E-state index contributed by atoms with van der Waals surface area (Å²) >= 11 is 0. The lowest BCUT2D eigenvalue weighted by atomic mass is 10.1. The first-order valence-electron chi connectivity index (χ1n) is 7.90.